The number of aromatic nitrogens is 2. The Hall–Kier alpha value is -3.08. The van der Waals surface area contributed by atoms with Crippen molar-refractivity contribution in [2.45, 2.75) is 12.3 Å². The smallest absolute Gasteiger partial charge is 0.226 e. The van der Waals surface area contributed by atoms with Gasteiger partial charge >= 0.3 is 0 Å². The largest absolute Gasteiger partial charge is 0.456 e. The van der Waals surface area contributed by atoms with Gasteiger partial charge in [-0.25, -0.2) is 0 Å². The summed E-state index contributed by atoms with van der Waals surface area (Å²) in [5.41, 5.74) is 3.73. The lowest BCUT2D eigenvalue weighted by Gasteiger charge is -2.22. The first kappa shape index (κ1) is 12.5. The third kappa shape index (κ3) is 1.73. The van der Waals surface area contributed by atoms with Gasteiger partial charge in [0.1, 0.15) is 17.0 Å². The van der Waals surface area contributed by atoms with Gasteiger partial charge in [0.25, 0.3) is 0 Å². The molecule has 112 valence electrons. The summed E-state index contributed by atoms with van der Waals surface area (Å²) in [6.07, 6.45) is 2.17. The number of benzene rings is 2. The van der Waals surface area contributed by atoms with Crippen molar-refractivity contribution in [1.82, 2.24) is 10.2 Å². The van der Waals surface area contributed by atoms with Gasteiger partial charge in [-0.15, -0.1) is 0 Å². The van der Waals surface area contributed by atoms with Gasteiger partial charge in [0, 0.05) is 34.2 Å². The number of carbonyl (C=O) groups excluding carboxylic acids is 1. The van der Waals surface area contributed by atoms with Gasteiger partial charge in [-0.2, -0.15) is 5.10 Å². The van der Waals surface area contributed by atoms with Crippen molar-refractivity contribution < 1.29 is 9.21 Å². The first-order valence-electron chi connectivity index (χ1n) is 7.54. The van der Waals surface area contributed by atoms with E-state index in [0.29, 0.717) is 12.2 Å². The van der Waals surface area contributed by atoms with E-state index in [-0.39, 0.29) is 11.8 Å². The van der Waals surface area contributed by atoms with E-state index in [1.54, 1.807) is 6.20 Å². The van der Waals surface area contributed by atoms with Gasteiger partial charge in [0.15, 0.2) is 0 Å². The van der Waals surface area contributed by atoms with E-state index >= 15 is 0 Å². The van der Waals surface area contributed by atoms with Gasteiger partial charge in [0.2, 0.25) is 5.91 Å². The molecular formula is C18H13N3O2. The Balaban J connectivity index is 1.80. The summed E-state index contributed by atoms with van der Waals surface area (Å²) in [7, 11) is 0. The number of H-pyrrole nitrogens is 1. The molecule has 1 aliphatic heterocycles. The minimum absolute atomic E-state index is 0.0140. The number of fused-ring (bicyclic) bond motifs is 4. The molecule has 0 bridgehead atoms. The Kier molecular flexibility index (Phi) is 2.42. The first-order chi connectivity index (χ1) is 11.3. The van der Waals surface area contributed by atoms with E-state index in [0.717, 1.165) is 33.1 Å². The zero-order chi connectivity index (χ0) is 15.4. The van der Waals surface area contributed by atoms with Crippen LogP contribution in [0.2, 0.25) is 0 Å². The normalized spacial score (nSPS) is 17.4. The average Bonchev–Trinajstić information content (AvgIpc) is 3.17. The van der Waals surface area contributed by atoms with Gasteiger partial charge in [-0.05, 0) is 6.07 Å². The van der Waals surface area contributed by atoms with Crippen LogP contribution in [-0.2, 0) is 4.79 Å². The number of nitrogens with one attached hydrogen (secondary N) is 2. The molecule has 0 aliphatic carbocycles. The lowest BCUT2D eigenvalue weighted by Crippen LogP contribution is -2.23. The molecule has 0 spiro atoms. The van der Waals surface area contributed by atoms with Crippen LogP contribution in [0, 0.1) is 0 Å². The van der Waals surface area contributed by atoms with Crippen molar-refractivity contribution >= 4 is 33.7 Å². The number of para-hydroxylation sites is 2. The van der Waals surface area contributed by atoms with E-state index in [1.807, 2.05) is 30.3 Å². The van der Waals surface area contributed by atoms with Crippen LogP contribution in [0.3, 0.4) is 0 Å². The molecule has 1 aliphatic rings. The van der Waals surface area contributed by atoms with E-state index in [2.05, 4.69) is 27.6 Å². The molecule has 2 aromatic heterocycles. The zero-order valence-electron chi connectivity index (χ0n) is 12.2. The van der Waals surface area contributed by atoms with Crippen LogP contribution in [0.5, 0.6) is 0 Å². The van der Waals surface area contributed by atoms with Crippen molar-refractivity contribution in [3.8, 4) is 0 Å². The Labute approximate surface area is 131 Å². The fourth-order valence-electron chi connectivity index (χ4n) is 3.47. The van der Waals surface area contributed by atoms with Crippen LogP contribution >= 0.6 is 0 Å². The first-order valence-corrected chi connectivity index (χ1v) is 7.54. The molecule has 5 rings (SSSR count). The number of anilines is 1. The summed E-state index contributed by atoms with van der Waals surface area (Å²) in [6.45, 7) is 0. The SMILES string of the molecule is O=C1C[C@H](c2cccc3c2oc2ccccc23)c2cn[nH]c2N1. The van der Waals surface area contributed by atoms with Gasteiger partial charge < -0.3 is 9.73 Å². The van der Waals surface area contributed by atoms with Crippen molar-refractivity contribution in [3.63, 3.8) is 0 Å². The number of nitrogens with zero attached hydrogens (tertiary/aromatic N) is 1. The fourth-order valence-corrected chi connectivity index (χ4v) is 3.47. The summed E-state index contributed by atoms with van der Waals surface area (Å²) in [4.78, 5) is 12.0. The van der Waals surface area contributed by atoms with Crippen LogP contribution in [0.4, 0.5) is 5.82 Å². The Bertz CT molecular complexity index is 1060. The second-order valence-electron chi connectivity index (χ2n) is 5.83. The topological polar surface area (TPSA) is 70.9 Å². The van der Waals surface area contributed by atoms with E-state index in [4.69, 9.17) is 4.42 Å². The van der Waals surface area contributed by atoms with Crippen LogP contribution in [-0.4, -0.2) is 16.1 Å². The molecule has 0 saturated heterocycles. The summed E-state index contributed by atoms with van der Waals surface area (Å²) in [6, 6.07) is 14.1. The number of amides is 1. The van der Waals surface area contributed by atoms with Crippen molar-refractivity contribution in [2.75, 3.05) is 5.32 Å². The van der Waals surface area contributed by atoms with Crippen LogP contribution in [0.15, 0.2) is 53.1 Å². The van der Waals surface area contributed by atoms with Crippen LogP contribution in [0.25, 0.3) is 21.9 Å². The zero-order valence-corrected chi connectivity index (χ0v) is 12.2. The number of hydrogen-bond donors (Lipinski definition) is 2. The lowest BCUT2D eigenvalue weighted by molar-refractivity contribution is -0.116. The third-order valence-electron chi connectivity index (χ3n) is 4.51. The summed E-state index contributed by atoms with van der Waals surface area (Å²) in [5, 5.41) is 11.9. The maximum absolute atomic E-state index is 12.0. The fraction of sp³-hybridized carbons (Fsp3) is 0.111. The Morgan fingerprint density at radius 3 is 2.87 bits per heavy atom. The predicted octanol–water partition coefficient (Wildman–Crippen LogP) is 3.78. The second-order valence-corrected chi connectivity index (χ2v) is 5.83. The number of aromatic amines is 1. The molecular weight excluding hydrogens is 290 g/mol. The number of carbonyl (C=O) groups is 1. The van der Waals surface area contributed by atoms with E-state index in [9.17, 15) is 4.79 Å². The number of hydrogen-bond acceptors (Lipinski definition) is 3. The standard InChI is InChI=1S/C18H13N3O2/c22-16-8-13(14-9-19-21-18(14)20-16)12-6-3-5-11-10-4-1-2-7-15(10)23-17(11)12/h1-7,9,13H,8H2,(H2,19,20,21,22)/t13-/m1/s1. The molecule has 1 atom stereocenters. The highest BCUT2D eigenvalue weighted by atomic mass is 16.3. The van der Waals surface area contributed by atoms with Crippen molar-refractivity contribution in [2.24, 2.45) is 0 Å². The molecule has 5 nitrogen and oxygen atoms in total. The summed E-state index contributed by atoms with van der Waals surface area (Å²) >= 11 is 0. The molecule has 0 fully saturated rings. The summed E-state index contributed by atoms with van der Waals surface area (Å²) in [5.74, 6) is 0.612. The molecule has 4 aromatic rings. The maximum atomic E-state index is 12.0. The van der Waals surface area contributed by atoms with Gasteiger partial charge in [-0.1, -0.05) is 36.4 Å². The van der Waals surface area contributed by atoms with E-state index in [1.165, 1.54) is 0 Å². The Morgan fingerprint density at radius 2 is 1.91 bits per heavy atom. The summed E-state index contributed by atoms with van der Waals surface area (Å²) < 4.78 is 6.10. The quantitative estimate of drug-likeness (QED) is 0.562. The van der Waals surface area contributed by atoms with E-state index < -0.39 is 0 Å². The second kappa shape index (κ2) is 4.46. The molecule has 1 amide bonds. The predicted molar refractivity (Wildman–Crippen MR) is 87.4 cm³/mol. The molecule has 3 heterocycles. The maximum Gasteiger partial charge on any atom is 0.226 e. The molecule has 23 heavy (non-hydrogen) atoms. The minimum atomic E-state index is -0.0539. The molecule has 2 N–H and O–H groups in total. The van der Waals surface area contributed by atoms with Crippen molar-refractivity contribution in [3.05, 3.63) is 59.8 Å². The average molecular weight is 303 g/mol. The molecule has 0 saturated carbocycles. The highest BCUT2D eigenvalue weighted by Crippen LogP contribution is 2.41. The molecule has 0 radical (unpaired) electrons. The number of rotatable bonds is 1. The molecule has 2 aromatic carbocycles. The molecule has 0 unspecified atom stereocenters. The molecule has 5 heteroatoms. The van der Waals surface area contributed by atoms with Crippen LogP contribution in [0.1, 0.15) is 23.5 Å². The number of furan rings is 1. The highest BCUT2D eigenvalue weighted by Gasteiger charge is 2.30. The van der Waals surface area contributed by atoms with Crippen molar-refractivity contribution in [1.29, 1.82) is 0 Å². The van der Waals surface area contributed by atoms with Gasteiger partial charge in [0.05, 0.1) is 6.20 Å². The Morgan fingerprint density at radius 1 is 1.04 bits per heavy atom. The third-order valence-corrected chi connectivity index (χ3v) is 4.51. The lowest BCUT2D eigenvalue weighted by atomic mass is 9.86. The monoisotopic (exact) mass is 303 g/mol. The van der Waals surface area contributed by atoms with Crippen LogP contribution < -0.4 is 5.32 Å². The minimum Gasteiger partial charge on any atom is -0.456 e. The van der Waals surface area contributed by atoms with Gasteiger partial charge in [-0.3, -0.25) is 9.89 Å². The highest BCUT2D eigenvalue weighted by molar-refractivity contribution is 6.06.